The molecule has 1 rings (SSSR count). The van der Waals surface area contributed by atoms with Crippen LogP contribution < -0.4 is 0 Å². The third-order valence-electron chi connectivity index (χ3n) is 3.58. The quantitative estimate of drug-likeness (QED) is 0.746. The molecule has 0 aliphatic rings. The van der Waals surface area contributed by atoms with Gasteiger partial charge in [0.05, 0.1) is 0 Å². The Hall–Kier alpha value is -0.790. The highest BCUT2D eigenvalue weighted by atomic mass is 15.3. The van der Waals surface area contributed by atoms with E-state index in [4.69, 9.17) is 0 Å². The Morgan fingerprint density at radius 2 is 1.67 bits per heavy atom. The third kappa shape index (κ3) is 7.52. The van der Waals surface area contributed by atoms with E-state index in [2.05, 4.69) is 65.2 Å². The van der Waals surface area contributed by atoms with Gasteiger partial charge in [-0.1, -0.05) is 48.5 Å². The highest BCUT2D eigenvalue weighted by Gasteiger charge is 2.13. The summed E-state index contributed by atoms with van der Waals surface area (Å²) >= 11 is 0. The van der Waals surface area contributed by atoms with Crippen molar-refractivity contribution in [3.8, 4) is 0 Å². The van der Waals surface area contributed by atoms with E-state index >= 15 is 0 Å². The molecule has 1 aromatic rings. The van der Waals surface area contributed by atoms with Crippen LogP contribution in [0.1, 0.15) is 60.6 Å². The van der Waals surface area contributed by atoms with E-state index in [1.165, 1.54) is 12.1 Å². The molecule has 0 saturated carbocycles. The summed E-state index contributed by atoms with van der Waals surface area (Å²) in [5, 5.41) is 4.20. The third-order valence-corrected chi connectivity index (χ3v) is 3.58. The van der Waals surface area contributed by atoms with E-state index in [1.54, 1.807) is 0 Å². The summed E-state index contributed by atoms with van der Waals surface area (Å²) in [5.41, 5.74) is 1.76. The number of rotatable bonds is 3. The molecule has 18 heavy (non-hydrogen) atoms. The largest absolute Gasteiger partial charge is 0.270 e. The van der Waals surface area contributed by atoms with E-state index < -0.39 is 0 Å². The normalized spacial score (nSPS) is 11.7. The molecule has 0 radical (unpaired) electrons. The van der Waals surface area contributed by atoms with Crippen LogP contribution in [0.3, 0.4) is 0 Å². The molecule has 0 atom stereocenters. The molecule has 0 unspecified atom stereocenters. The lowest BCUT2D eigenvalue weighted by atomic mass is 9.84. The molecular weight excluding hydrogens is 220 g/mol. The van der Waals surface area contributed by atoms with Gasteiger partial charge in [-0.15, -0.1) is 0 Å². The zero-order valence-corrected chi connectivity index (χ0v) is 13.6. The number of hydrogen-bond acceptors (Lipinski definition) is 1. The first-order valence-corrected chi connectivity index (χ1v) is 7.13. The smallest absolute Gasteiger partial charge is 0.0492 e. The molecule has 0 saturated heterocycles. The molecule has 2 heteroatoms. The Morgan fingerprint density at radius 3 is 1.94 bits per heavy atom. The topological polar surface area (TPSA) is 17.8 Å². The van der Waals surface area contributed by atoms with Gasteiger partial charge in [0, 0.05) is 18.4 Å². The first-order valence-electron chi connectivity index (χ1n) is 7.13. The van der Waals surface area contributed by atoms with Crippen LogP contribution >= 0.6 is 0 Å². The monoisotopic (exact) mass is 252 g/mol. The Kier molecular flexibility index (Phi) is 7.27. The standard InChI is InChI=1S/C9H16N2.C7H16/c1-8(2)5-7-11-9(3)4-6-10-11;1-6(2)7(3,4)5/h4,6,8H,5,7H2,1-3H3;6H,1-5H3. The van der Waals surface area contributed by atoms with Gasteiger partial charge in [0.1, 0.15) is 0 Å². The van der Waals surface area contributed by atoms with Crippen LogP contribution in [0.25, 0.3) is 0 Å². The van der Waals surface area contributed by atoms with Gasteiger partial charge in [0.25, 0.3) is 0 Å². The van der Waals surface area contributed by atoms with Gasteiger partial charge < -0.3 is 0 Å². The van der Waals surface area contributed by atoms with E-state index in [-0.39, 0.29) is 0 Å². The van der Waals surface area contributed by atoms with Crippen molar-refractivity contribution in [3.05, 3.63) is 18.0 Å². The van der Waals surface area contributed by atoms with Gasteiger partial charge in [0.2, 0.25) is 0 Å². The van der Waals surface area contributed by atoms with Crippen molar-refractivity contribution in [1.82, 2.24) is 9.78 Å². The van der Waals surface area contributed by atoms with Crippen molar-refractivity contribution in [2.24, 2.45) is 17.3 Å². The summed E-state index contributed by atoms with van der Waals surface area (Å²) in [7, 11) is 0. The second-order valence-corrected chi connectivity index (χ2v) is 6.90. The fraction of sp³-hybridized carbons (Fsp3) is 0.812. The first kappa shape index (κ1) is 17.2. The van der Waals surface area contributed by atoms with E-state index in [9.17, 15) is 0 Å². The summed E-state index contributed by atoms with van der Waals surface area (Å²) in [5.74, 6) is 1.56. The maximum atomic E-state index is 4.20. The average molecular weight is 252 g/mol. The molecule has 0 aliphatic carbocycles. The van der Waals surface area contributed by atoms with Crippen LogP contribution in [0.4, 0.5) is 0 Å². The molecule has 2 nitrogen and oxygen atoms in total. The Labute approximate surface area is 114 Å². The molecule has 106 valence electrons. The Balaban J connectivity index is 0.000000360. The van der Waals surface area contributed by atoms with Crippen molar-refractivity contribution >= 4 is 0 Å². The van der Waals surface area contributed by atoms with Gasteiger partial charge in [-0.2, -0.15) is 5.10 Å². The fourth-order valence-corrected chi connectivity index (χ4v) is 1.01. The zero-order chi connectivity index (χ0) is 14.3. The van der Waals surface area contributed by atoms with Crippen molar-refractivity contribution in [2.75, 3.05) is 0 Å². The summed E-state index contributed by atoms with van der Waals surface area (Å²) in [6, 6.07) is 2.04. The molecule has 0 fully saturated rings. The van der Waals surface area contributed by atoms with Crippen molar-refractivity contribution in [3.63, 3.8) is 0 Å². The minimum absolute atomic E-state index is 0.500. The van der Waals surface area contributed by atoms with Crippen LogP contribution in [0.15, 0.2) is 12.3 Å². The average Bonchev–Trinajstić information content (AvgIpc) is 2.60. The van der Waals surface area contributed by atoms with Crippen LogP contribution in [0.2, 0.25) is 0 Å². The van der Waals surface area contributed by atoms with Gasteiger partial charge in [0.15, 0.2) is 0 Å². The minimum atomic E-state index is 0.500. The SMILES string of the molecule is CC(C)C(C)(C)C.Cc1ccnn1CCC(C)C. The predicted molar refractivity (Wildman–Crippen MR) is 80.7 cm³/mol. The lowest BCUT2D eigenvalue weighted by Crippen LogP contribution is -2.12. The van der Waals surface area contributed by atoms with E-state index in [0.717, 1.165) is 18.4 Å². The van der Waals surface area contributed by atoms with Crippen molar-refractivity contribution in [1.29, 1.82) is 0 Å². The second kappa shape index (κ2) is 7.60. The zero-order valence-electron chi connectivity index (χ0n) is 13.6. The number of nitrogens with zero attached hydrogens (tertiary/aromatic N) is 2. The lowest BCUT2D eigenvalue weighted by molar-refractivity contribution is 0.283. The molecule has 0 spiro atoms. The Morgan fingerprint density at radius 1 is 1.17 bits per heavy atom. The van der Waals surface area contributed by atoms with Crippen LogP contribution in [-0.2, 0) is 6.54 Å². The minimum Gasteiger partial charge on any atom is -0.270 e. The number of aromatic nitrogens is 2. The van der Waals surface area contributed by atoms with E-state index in [0.29, 0.717) is 5.41 Å². The predicted octanol–water partition coefficient (Wildman–Crippen LogP) is 4.93. The van der Waals surface area contributed by atoms with Crippen LogP contribution in [0.5, 0.6) is 0 Å². The summed E-state index contributed by atoms with van der Waals surface area (Å²) < 4.78 is 2.06. The maximum Gasteiger partial charge on any atom is 0.0492 e. The molecule has 1 aromatic heterocycles. The highest BCUT2D eigenvalue weighted by molar-refractivity contribution is 4.96. The van der Waals surface area contributed by atoms with Crippen LogP contribution in [-0.4, -0.2) is 9.78 Å². The lowest BCUT2D eigenvalue weighted by Gasteiger charge is -2.22. The fourth-order valence-electron chi connectivity index (χ4n) is 1.01. The Bertz CT molecular complexity index is 316. The van der Waals surface area contributed by atoms with E-state index in [1.807, 2.05) is 12.3 Å². The molecule has 0 bridgehead atoms. The number of aryl methyl sites for hydroxylation is 2. The summed E-state index contributed by atoms with van der Waals surface area (Å²) in [4.78, 5) is 0. The molecule has 1 heterocycles. The first-order chi connectivity index (χ1) is 8.14. The van der Waals surface area contributed by atoms with Crippen molar-refractivity contribution < 1.29 is 0 Å². The highest BCUT2D eigenvalue weighted by Crippen LogP contribution is 2.23. The van der Waals surface area contributed by atoms with Gasteiger partial charge in [-0.25, -0.2) is 0 Å². The van der Waals surface area contributed by atoms with Gasteiger partial charge in [-0.05, 0) is 36.7 Å². The van der Waals surface area contributed by atoms with Crippen molar-refractivity contribution in [2.45, 2.75) is 68.4 Å². The van der Waals surface area contributed by atoms with Crippen LogP contribution in [0, 0.1) is 24.2 Å². The molecule has 0 aromatic carbocycles. The van der Waals surface area contributed by atoms with Gasteiger partial charge in [-0.3, -0.25) is 4.68 Å². The molecular formula is C16H32N2. The second-order valence-electron chi connectivity index (χ2n) is 6.90. The summed E-state index contributed by atoms with van der Waals surface area (Å²) in [6.45, 7) is 18.9. The molecule has 0 amide bonds. The maximum absolute atomic E-state index is 4.20. The van der Waals surface area contributed by atoms with Gasteiger partial charge >= 0.3 is 0 Å². The molecule has 0 aliphatic heterocycles. The summed E-state index contributed by atoms with van der Waals surface area (Å²) in [6.07, 6.45) is 3.07. The molecule has 0 N–H and O–H groups in total. The number of hydrogen-bond donors (Lipinski definition) is 0.